The highest BCUT2D eigenvalue weighted by molar-refractivity contribution is 5.95. The molecule has 5 heteroatoms. The Morgan fingerprint density at radius 2 is 1.95 bits per heavy atom. The number of carbonyl (C=O) groups excluding carboxylic acids is 1. The predicted molar refractivity (Wildman–Crippen MR) is 70.0 cm³/mol. The van der Waals surface area contributed by atoms with Crippen LogP contribution in [0.5, 0.6) is 5.75 Å². The molecule has 2 N–H and O–H groups in total. The Morgan fingerprint density at radius 1 is 1.26 bits per heavy atom. The number of carboxylic acid groups (broad SMARTS) is 1. The van der Waals surface area contributed by atoms with Crippen molar-refractivity contribution < 1.29 is 19.8 Å². The topological polar surface area (TPSA) is 77.8 Å². The highest BCUT2D eigenvalue weighted by atomic mass is 16.4. The Kier molecular flexibility index (Phi) is 3.74. The van der Waals surface area contributed by atoms with Gasteiger partial charge in [-0.15, -0.1) is 0 Å². The van der Waals surface area contributed by atoms with Gasteiger partial charge in [-0.1, -0.05) is 6.07 Å². The Balaban J connectivity index is 2.06. The third-order valence-electron chi connectivity index (χ3n) is 3.68. The lowest BCUT2D eigenvalue weighted by atomic mass is 10.0. The number of aromatic hydroxyl groups is 1. The van der Waals surface area contributed by atoms with Crippen LogP contribution >= 0.6 is 0 Å². The van der Waals surface area contributed by atoms with Crippen LogP contribution in [-0.4, -0.2) is 29.1 Å². The second kappa shape index (κ2) is 5.30. The van der Waals surface area contributed by atoms with E-state index in [4.69, 9.17) is 5.11 Å². The fraction of sp³-hybridized carbons (Fsp3) is 0.429. The molecule has 0 aliphatic heterocycles. The van der Waals surface area contributed by atoms with Crippen molar-refractivity contribution in [1.29, 1.82) is 0 Å². The van der Waals surface area contributed by atoms with Gasteiger partial charge < -0.3 is 15.1 Å². The molecule has 0 heterocycles. The van der Waals surface area contributed by atoms with Crippen LogP contribution in [0.3, 0.4) is 0 Å². The minimum absolute atomic E-state index is 0.0886. The van der Waals surface area contributed by atoms with Crippen LogP contribution < -0.4 is 4.90 Å². The molecule has 5 nitrogen and oxygen atoms in total. The zero-order valence-electron chi connectivity index (χ0n) is 10.7. The number of hydrogen-bond donors (Lipinski definition) is 2. The van der Waals surface area contributed by atoms with Gasteiger partial charge in [0.1, 0.15) is 5.75 Å². The molecule has 102 valence electrons. The van der Waals surface area contributed by atoms with Crippen molar-refractivity contribution in [2.45, 2.75) is 19.3 Å². The third-order valence-corrected chi connectivity index (χ3v) is 3.68. The van der Waals surface area contributed by atoms with Crippen molar-refractivity contribution in [3.63, 3.8) is 0 Å². The van der Waals surface area contributed by atoms with E-state index in [2.05, 4.69) is 0 Å². The first kappa shape index (κ1) is 13.4. The van der Waals surface area contributed by atoms with E-state index in [0.717, 1.165) is 0 Å². The first-order valence-electron chi connectivity index (χ1n) is 6.28. The molecule has 19 heavy (non-hydrogen) atoms. The van der Waals surface area contributed by atoms with Crippen LogP contribution in [0.2, 0.25) is 0 Å². The minimum atomic E-state index is -0.824. The van der Waals surface area contributed by atoms with Gasteiger partial charge in [0.05, 0.1) is 5.92 Å². The third kappa shape index (κ3) is 2.86. The first-order chi connectivity index (χ1) is 8.99. The second-order valence-corrected chi connectivity index (χ2v) is 4.96. The van der Waals surface area contributed by atoms with E-state index in [9.17, 15) is 14.7 Å². The van der Waals surface area contributed by atoms with E-state index in [1.807, 2.05) is 0 Å². The summed E-state index contributed by atoms with van der Waals surface area (Å²) >= 11 is 0. The number of rotatable bonds is 3. The van der Waals surface area contributed by atoms with Gasteiger partial charge >= 0.3 is 5.97 Å². The van der Waals surface area contributed by atoms with Gasteiger partial charge in [0.25, 0.3) is 0 Å². The fourth-order valence-electron chi connectivity index (χ4n) is 2.53. The van der Waals surface area contributed by atoms with Gasteiger partial charge in [-0.05, 0) is 31.4 Å². The van der Waals surface area contributed by atoms with Crippen molar-refractivity contribution >= 4 is 17.6 Å². The molecule has 2 atom stereocenters. The van der Waals surface area contributed by atoms with E-state index in [-0.39, 0.29) is 17.6 Å². The molecule has 1 fully saturated rings. The maximum Gasteiger partial charge on any atom is 0.306 e. The molecule has 2 rings (SSSR count). The summed E-state index contributed by atoms with van der Waals surface area (Å²) in [6.45, 7) is 0. The normalized spacial score (nSPS) is 22.2. The number of carboxylic acids is 1. The lowest BCUT2D eigenvalue weighted by molar-refractivity contribution is -0.141. The monoisotopic (exact) mass is 263 g/mol. The van der Waals surface area contributed by atoms with Crippen LogP contribution in [-0.2, 0) is 9.59 Å². The van der Waals surface area contributed by atoms with Crippen molar-refractivity contribution in [2.75, 3.05) is 11.9 Å². The lowest BCUT2D eigenvalue weighted by Crippen LogP contribution is -2.32. The van der Waals surface area contributed by atoms with Crippen LogP contribution in [0.25, 0.3) is 0 Å². The highest BCUT2D eigenvalue weighted by Gasteiger charge is 2.35. The number of hydrogen-bond acceptors (Lipinski definition) is 3. The molecular weight excluding hydrogens is 246 g/mol. The molecule has 0 unspecified atom stereocenters. The molecular formula is C14H17NO4. The number of benzene rings is 1. The Hall–Kier alpha value is -2.04. The molecule has 1 aliphatic carbocycles. The van der Waals surface area contributed by atoms with Gasteiger partial charge in [0.15, 0.2) is 0 Å². The molecule has 0 saturated heterocycles. The van der Waals surface area contributed by atoms with Crippen LogP contribution in [0.1, 0.15) is 19.3 Å². The standard InChI is InChI=1S/C14H17NO4/c1-15(11-3-2-4-12(16)8-11)13(17)9-5-6-10(7-9)14(18)19/h2-4,8-10,16H,5-7H2,1H3,(H,18,19)/t9-,10+/m1/s1. The number of anilines is 1. The average Bonchev–Trinajstić information content (AvgIpc) is 2.86. The summed E-state index contributed by atoms with van der Waals surface area (Å²) in [4.78, 5) is 24.7. The molecule has 1 aliphatic rings. The second-order valence-electron chi connectivity index (χ2n) is 4.96. The van der Waals surface area contributed by atoms with E-state index in [1.165, 1.54) is 17.0 Å². The number of carbonyl (C=O) groups is 2. The van der Waals surface area contributed by atoms with E-state index in [0.29, 0.717) is 24.9 Å². The maximum atomic E-state index is 12.3. The maximum absolute atomic E-state index is 12.3. The SMILES string of the molecule is CN(C(=O)[C@@H]1CC[C@H](C(=O)O)C1)c1cccc(O)c1. The van der Waals surface area contributed by atoms with Crippen molar-refractivity contribution in [2.24, 2.45) is 11.8 Å². The number of nitrogens with zero attached hydrogens (tertiary/aromatic N) is 1. The zero-order valence-corrected chi connectivity index (χ0v) is 10.7. The Morgan fingerprint density at radius 3 is 2.53 bits per heavy atom. The number of phenols is 1. The van der Waals surface area contributed by atoms with Gasteiger partial charge in [-0.25, -0.2) is 0 Å². The largest absolute Gasteiger partial charge is 0.508 e. The van der Waals surface area contributed by atoms with Gasteiger partial charge in [0.2, 0.25) is 5.91 Å². The van der Waals surface area contributed by atoms with Crippen LogP contribution in [0, 0.1) is 11.8 Å². The number of phenolic OH excluding ortho intramolecular Hbond substituents is 1. The first-order valence-corrected chi connectivity index (χ1v) is 6.28. The highest BCUT2D eigenvalue weighted by Crippen LogP contribution is 2.33. The summed E-state index contributed by atoms with van der Waals surface area (Å²) in [5.41, 5.74) is 0.615. The van der Waals surface area contributed by atoms with E-state index in [1.54, 1.807) is 19.2 Å². The Labute approximate surface area is 111 Å². The molecule has 1 amide bonds. The summed E-state index contributed by atoms with van der Waals surface area (Å²) in [5.74, 6) is -1.46. The molecule has 1 aromatic carbocycles. The summed E-state index contributed by atoms with van der Waals surface area (Å²) in [7, 11) is 1.64. The molecule has 0 radical (unpaired) electrons. The molecule has 0 bridgehead atoms. The van der Waals surface area contributed by atoms with Crippen molar-refractivity contribution in [1.82, 2.24) is 0 Å². The summed E-state index contributed by atoms with van der Waals surface area (Å²) in [5, 5.41) is 18.4. The quantitative estimate of drug-likeness (QED) is 0.872. The Bertz CT molecular complexity index is 500. The minimum Gasteiger partial charge on any atom is -0.508 e. The van der Waals surface area contributed by atoms with E-state index < -0.39 is 11.9 Å². The van der Waals surface area contributed by atoms with Gasteiger partial charge in [-0.3, -0.25) is 9.59 Å². The fourth-order valence-corrected chi connectivity index (χ4v) is 2.53. The molecule has 1 saturated carbocycles. The van der Waals surface area contributed by atoms with Crippen molar-refractivity contribution in [3.8, 4) is 5.75 Å². The summed E-state index contributed by atoms with van der Waals surface area (Å²) in [6.07, 6.45) is 1.57. The average molecular weight is 263 g/mol. The summed E-state index contributed by atoms with van der Waals surface area (Å²) in [6, 6.07) is 6.46. The van der Waals surface area contributed by atoms with Crippen molar-refractivity contribution in [3.05, 3.63) is 24.3 Å². The van der Waals surface area contributed by atoms with E-state index >= 15 is 0 Å². The van der Waals surface area contributed by atoms with Gasteiger partial charge in [-0.2, -0.15) is 0 Å². The summed E-state index contributed by atoms with van der Waals surface area (Å²) < 4.78 is 0. The smallest absolute Gasteiger partial charge is 0.306 e. The number of amides is 1. The number of aliphatic carboxylic acids is 1. The van der Waals surface area contributed by atoms with Crippen LogP contribution in [0.4, 0.5) is 5.69 Å². The molecule has 0 spiro atoms. The zero-order chi connectivity index (χ0) is 14.0. The predicted octanol–water partition coefficient (Wildman–Crippen LogP) is 1.86. The lowest BCUT2D eigenvalue weighted by Gasteiger charge is -2.21. The molecule has 1 aromatic rings. The van der Waals surface area contributed by atoms with Crippen LogP contribution in [0.15, 0.2) is 24.3 Å². The van der Waals surface area contributed by atoms with Gasteiger partial charge in [0, 0.05) is 24.7 Å². The molecule has 0 aromatic heterocycles.